The van der Waals surface area contributed by atoms with E-state index in [0.29, 0.717) is 19.4 Å². The Kier molecular flexibility index (Phi) is 5.35. The maximum Gasteiger partial charge on any atom is 0.248 e. The maximum absolute atomic E-state index is 13.0. The number of amides is 1. The second kappa shape index (κ2) is 6.12. The lowest BCUT2D eigenvalue weighted by atomic mass is 9.85. The van der Waals surface area contributed by atoms with Gasteiger partial charge in [-0.1, -0.05) is 15.9 Å². The van der Waals surface area contributed by atoms with Crippen LogP contribution in [0.2, 0.25) is 0 Å². The summed E-state index contributed by atoms with van der Waals surface area (Å²) in [5, 5.41) is 0.722. The molecule has 2 nitrogen and oxygen atoms in total. The van der Waals surface area contributed by atoms with E-state index in [1.807, 2.05) is 13.8 Å². The van der Waals surface area contributed by atoms with E-state index in [9.17, 15) is 13.6 Å². The molecule has 100 valence electrons. The number of hydrogen-bond acceptors (Lipinski definition) is 1. The minimum atomic E-state index is -2.56. The van der Waals surface area contributed by atoms with Crippen molar-refractivity contribution in [1.82, 2.24) is 4.90 Å². The Balaban J connectivity index is 2.57. The summed E-state index contributed by atoms with van der Waals surface area (Å²) in [6, 6.07) is 0.127. The Morgan fingerprint density at radius 3 is 2.35 bits per heavy atom. The van der Waals surface area contributed by atoms with Crippen LogP contribution in [0.15, 0.2) is 0 Å². The third kappa shape index (κ3) is 4.19. The van der Waals surface area contributed by atoms with Gasteiger partial charge >= 0.3 is 0 Å². The van der Waals surface area contributed by atoms with Gasteiger partial charge in [-0.05, 0) is 26.7 Å². The highest BCUT2D eigenvalue weighted by atomic mass is 79.9. The van der Waals surface area contributed by atoms with Crippen LogP contribution in [0.5, 0.6) is 0 Å². The van der Waals surface area contributed by atoms with E-state index in [1.54, 1.807) is 4.90 Å². The first kappa shape index (κ1) is 14.9. The van der Waals surface area contributed by atoms with Crippen molar-refractivity contribution in [3.63, 3.8) is 0 Å². The molecule has 0 bridgehead atoms. The number of carbonyl (C=O) groups is 1. The zero-order valence-electron chi connectivity index (χ0n) is 10.4. The normalized spacial score (nSPS) is 20.6. The molecule has 0 saturated heterocycles. The second-order valence-electron chi connectivity index (χ2n) is 4.94. The number of nitrogens with zero attached hydrogens (tertiary/aromatic N) is 1. The van der Waals surface area contributed by atoms with Gasteiger partial charge in [-0.25, -0.2) is 8.78 Å². The summed E-state index contributed by atoms with van der Waals surface area (Å²) >= 11 is 3.31. The smallest absolute Gasteiger partial charge is 0.248 e. The molecular weight excluding hydrogens is 292 g/mol. The van der Waals surface area contributed by atoms with Gasteiger partial charge in [0.25, 0.3) is 0 Å². The van der Waals surface area contributed by atoms with Gasteiger partial charge in [0, 0.05) is 36.7 Å². The Bertz CT molecular complexity index is 261. The topological polar surface area (TPSA) is 20.3 Å². The lowest BCUT2D eigenvalue weighted by Crippen LogP contribution is -2.43. The van der Waals surface area contributed by atoms with Crippen LogP contribution in [0.1, 0.15) is 39.5 Å². The molecule has 0 aromatic heterocycles. The van der Waals surface area contributed by atoms with E-state index in [4.69, 9.17) is 0 Å². The maximum atomic E-state index is 13.0. The summed E-state index contributed by atoms with van der Waals surface area (Å²) in [7, 11) is 0. The van der Waals surface area contributed by atoms with Crippen molar-refractivity contribution in [3.8, 4) is 0 Å². The van der Waals surface area contributed by atoms with Gasteiger partial charge in [-0.3, -0.25) is 4.79 Å². The molecule has 1 amide bonds. The van der Waals surface area contributed by atoms with Crippen molar-refractivity contribution in [1.29, 1.82) is 0 Å². The van der Waals surface area contributed by atoms with Crippen LogP contribution in [-0.4, -0.2) is 34.6 Å². The average molecular weight is 312 g/mol. The van der Waals surface area contributed by atoms with Crippen LogP contribution in [0, 0.1) is 5.92 Å². The van der Waals surface area contributed by atoms with E-state index in [1.165, 1.54) is 0 Å². The quantitative estimate of drug-likeness (QED) is 0.728. The molecule has 0 N–H and O–H groups in total. The highest BCUT2D eigenvalue weighted by molar-refractivity contribution is 9.09. The summed E-state index contributed by atoms with van der Waals surface area (Å²) in [5.74, 6) is -2.74. The van der Waals surface area contributed by atoms with Crippen LogP contribution >= 0.6 is 15.9 Å². The minimum Gasteiger partial charge on any atom is -0.339 e. The highest BCUT2D eigenvalue weighted by Crippen LogP contribution is 2.37. The molecule has 0 unspecified atom stereocenters. The fraction of sp³-hybridized carbons (Fsp3) is 0.917. The monoisotopic (exact) mass is 311 g/mol. The van der Waals surface area contributed by atoms with Gasteiger partial charge in [-0.15, -0.1) is 0 Å². The van der Waals surface area contributed by atoms with Gasteiger partial charge in [0.05, 0.1) is 0 Å². The van der Waals surface area contributed by atoms with E-state index < -0.39 is 5.92 Å². The van der Waals surface area contributed by atoms with Gasteiger partial charge in [0.15, 0.2) is 0 Å². The van der Waals surface area contributed by atoms with Crippen molar-refractivity contribution in [2.75, 3.05) is 11.9 Å². The predicted molar refractivity (Wildman–Crippen MR) is 67.5 cm³/mol. The Morgan fingerprint density at radius 2 is 1.94 bits per heavy atom. The first-order valence-corrected chi connectivity index (χ1v) is 7.24. The van der Waals surface area contributed by atoms with Crippen molar-refractivity contribution in [3.05, 3.63) is 0 Å². The number of halogens is 3. The highest BCUT2D eigenvalue weighted by Gasteiger charge is 2.38. The van der Waals surface area contributed by atoms with Gasteiger partial charge in [0.2, 0.25) is 11.8 Å². The predicted octanol–water partition coefficient (Wildman–Crippen LogP) is 3.44. The molecule has 1 aliphatic carbocycles. The molecule has 0 atom stereocenters. The van der Waals surface area contributed by atoms with Crippen molar-refractivity contribution < 1.29 is 13.6 Å². The fourth-order valence-electron chi connectivity index (χ4n) is 2.24. The third-order valence-corrected chi connectivity index (χ3v) is 3.65. The van der Waals surface area contributed by atoms with Gasteiger partial charge < -0.3 is 4.90 Å². The second-order valence-corrected chi connectivity index (χ2v) is 5.74. The lowest BCUT2D eigenvalue weighted by molar-refractivity contribution is -0.141. The SMILES string of the molecule is CC(C)N(CCBr)C(=O)C1CCC(F)(F)CC1. The van der Waals surface area contributed by atoms with E-state index in [0.717, 1.165) is 5.33 Å². The number of alkyl halides is 3. The first-order chi connectivity index (χ1) is 7.87. The number of rotatable bonds is 4. The Morgan fingerprint density at radius 1 is 1.41 bits per heavy atom. The summed E-state index contributed by atoms with van der Waals surface area (Å²) in [5.41, 5.74) is 0. The largest absolute Gasteiger partial charge is 0.339 e. The van der Waals surface area contributed by atoms with E-state index in [2.05, 4.69) is 15.9 Å². The van der Waals surface area contributed by atoms with Crippen LogP contribution in [-0.2, 0) is 4.79 Å². The fourth-order valence-corrected chi connectivity index (χ4v) is 2.62. The molecule has 0 heterocycles. The van der Waals surface area contributed by atoms with E-state index in [-0.39, 0.29) is 30.7 Å². The molecule has 0 aromatic carbocycles. The van der Waals surface area contributed by atoms with Gasteiger partial charge in [0.1, 0.15) is 0 Å². The summed E-state index contributed by atoms with van der Waals surface area (Å²) in [4.78, 5) is 14.0. The molecule has 1 rings (SSSR count). The molecule has 0 spiro atoms. The summed E-state index contributed by atoms with van der Waals surface area (Å²) < 4.78 is 26.0. The zero-order chi connectivity index (χ0) is 13.1. The Labute approximate surface area is 110 Å². The molecule has 5 heteroatoms. The van der Waals surface area contributed by atoms with Gasteiger partial charge in [-0.2, -0.15) is 0 Å². The Hall–Kier alpha value is -0.190. The number of carbonyl (C=O) groups excluding carboxylic acids is 1. The molecule has 1 aliphatic rings. The van der Waals surface area contributed by atoms with Crippen LogP contribution in [0.3, 0.4) is 0 Å². The molecule has 1 saturated carbocycles. The molecule has 0 radical (unpaired) electrons. The van der Waals surface area contributed by atoms with E-state index >= 15 is 0 Å². The average Bonchev–Trinajstić information content (AvgIpc) is 2.24. The molecular formula is C12H20BrF2NO. The van der Waals surface area contributed by atoms with Crippen LogP contribution < -0.4 is 0 Å². The lowest BCUT2D eigenvalue weighted by Gasteiger charge is -2.33. The molecule has 0 aromatic rings. The van der Waals surface area contributed by atoms with Crippen LogP contribution in [0.25, 0.3) is 0 Å². The van der Waals surface area contributed by atoms with Crippen molar-refractivity contribution in [2.24, 2.45) is 5.92 Å². The molecule has 0 aliphatic heterocycles. The number of hydrogen-bond donors (Lipinski definition) is 0. The summed E-state index contributed by atoms with van der Waals surface area (Å²) in [6.07, 6.45) is 0.335. The third-order valence-electron chi connectivity index (χ3n) is 3.30. The zero-order valence-corrected chi connectivity index (χ0v) is 12.0. The minimum absolute atomic E-state index is 0.0370. The summed E-state index contributed by atoms with van der Waals surface area (Å²) in [6.45, 7) is 4.55. The van der Waals surface area contributed by atoms with Crippen molar-refractivity contribution >= 4 is 21.8 Å². The molecule has 17 heavy (non-hydrogen) atoms. The standard InChI is InChI=1S/C12H20BrF2NO/c1-9(2)16(8-7-13)11(17)10-3-5-12(14,15)6-4-10/h9-10H,3-8H2,1-2H3. The first-order valence-electron chi connectivity index (χ1n) is 6.11. The van der Waals surface area contributed by atoms with Crippen LogP contribution in [0.4, 0.5) is 8.78 Å². The molecule has 1 fully saturated rings. The van der Waals surface area contributed by atoms with Crippen molar-refractivity contribution in [2.45, 2.75) is 51.5 Å².